The minimum atomic E-state index is -3.16. The molecule has 2 saturated carbocycles. The highest BCUT2D eigenvalue weighted by Crippen LogP contribution is 2.29. The SMILES string of the molecule is NCC(NS(=O)(=O)C1CCCCC1)C1CCCC1. The molecule has 1 unspecified atom stereocenters. The van der Waals surface area contributed by atoms with Gasteiger partial charge < -0.3 is 5.73 Å². The molecule has 0 heterocycles. The Morgan fingerprint density at radius 3 is 2.11 bits per heavy atom. The molecular formula is C13H26N2O2S. The molecule has 2 aliphatic rings. The molecule has 2 rings (SSSR count). The largest absolute Gasteiger partial charge is 0.329 e. The minimum absolute atomic E-state index is 0.0422. The molecule has 0 spiro atoms. The summed E-state index contributed by atoms with van der Waals surface area (Å²) in [7, 11) is -3.16. The predicted molar refractivity (Wildman–Crippen MR) is 73.7 cm³/mol. The van der Waals surface area contributed by atoms with Gasteiger partial charge in [0.2, 0.25) is 10.0 Å². The van der Waals surface area contributed by atoms with E-state index >= 15 is 0 Å². The van der Waals surface area contributed by atoms with E-state index in [0.717, 1.165) is 38.5 Å². The van der Waals surface area contributed by atoms with Crippen LogP contribution >= 0.6 is 0 Å². The molecule has 2 aliphatic carbocycles. The van der Waals surface area contributed by atoms with Crippen molar-refractivity contribution < 1.29 is 8.42 Å². The molecule has 0 saturated heterocycles. The van der Waals surface area contributed by atoms with Gasteiger partial charge in [-0.3, -0.25) is 0 Å². The van der Waals surface area contributed by atoms with Gasteiger partial charge in [-0.05, 0) is 31.6 Å². The second-order valence-corrected chi connectivity index (χ2v) is 7.80. The summed E-state index contributed by atoms with van der Waals surface area (Å²) in [6, 6.07) is -0.0422. The fourth-order valence-electron chi connectivity index (χ4n) is 3.38. The molecule has 0 amide bonds. The van der Waals surface area contributed by atoms with Gasteiger partial charge in [0.15, 0.2) is 0 Å². The first-order chi connectivity index (χ1) is 8.63. The highest BCUT2D eigenvalue weighted by molar-refractivity contribution is 7.90. The third kappa shape index (κ3) is 3.45. The molecule has 4 nitrogen and oxygen atoms in total. The van der Waals surface area contributed by atoms with Crippen molar-refractivity contribution in [2.75, 3.05) is 6.54 Å². The molecule has 0 aliphatic heterocycles. The second-order valence-electron chi connectivity index (χ2n) is 5.81. The fourth-order valence-corrected chi connectivity index (χ4v) is 5.24. The molecule has 0 aromatic heterocycles. The van der Waals surface area contributed by atoms with Crippen LogP contribution in [0, 0.1) is 5.92 Å². The third-order valence-electron chi connectivity index (χ3n) is 4.53. The smallest absolute Gasteiger partial charge is 0.214 e. The molecule has 1 atom stereocenters. The Labute approximate surface area is 111 Å². The van der Waals surface area contributed by atoms with Crippen molar-refractivity contribution in [2.24, 2.45) is 11.7 Å². The topological polar surface area (TPSA) is 72.2 Å². The van der Waals surface area contributed by atoms with E-state index < -0.39 is 10.0 Å². The molecule has 106 valence electrons. The van der Waals surface area contributed by atoms with E-state index in [1.54, 1.807) is 0 Å². The Morgan fingerprint density at radius 2 is 1.56 bits per heavy atom. The van der Waals surface area contributed by atoms with Crippen molar-refractivity contribution in [1.29, 1.82) is 0 Å². The summed E-state index contributed by atoms with van der Waals surface area (Å²) in [5.41, 5.74) is 5.76. The summed E-state index contributed by atoms with van der Waals surface area (Å²) < 4.78 is 27.6. The van der Waals surface area contributed by atoms with Gasteiger partial charge in [0.25, 0.3) is 0 Å². The summed E-state index contributed by atoms with van der Waals surface area (Å²) in [5, 5.41) is -0.179. The Kier molecular flexibility index (Phi) is 5.04. The average Bonchev–Trinajstić information content (AvgIpc) is 2.91. The van der Waals surface area contributed by atoms with Crippen LogP contribution in [0.1, 0.15) is 57.8 Å². The van der Waals surface area contributed by atoms with Gasteiger partial charge in [0, 0.05) is 12.6 Å². The Hall–Kier alpha value is -0.130. The quantitative estimate of drug-likeness (QED) is 0.802. The van der Waals surface area contributed by atoms with E-state index in [1.165, 1.54) is 19.3 Å². The zero-order chi connectivity index (χ0) is 13.0. The van der Waals surface area contributed by atoms with Crippen LogP contribution in [0.2, 0.25) is 0 Å². The van der Waals surface area contributed by atoms with Crippen molar-refractivity contribution in [2.45, 2.75) is 69.1 Å². The minimum Gasteiger partial charge on any atom is -0.329 e. The molecule has 0 radical (unpaired) electrons. The van der Waals surface area contributed by atoms with Crippen molar-refractivity contribution in [3.8, 4) is 0 Å². The molecule has 0 bridgehead atoms. The van der Waals surface area contributed by atoms with Crippen LogP contribution in [0.15, 0.2) is 0 Å². The number of hydrogen-bond acceptors (Lipinski definition) is 3. The lowest BCUT2D eigenvalue weighted by Gasteiger charge is -2.28. The van der Waals surface area contributed by atoms with E-state index in [2.05, 4.69) is 4.72 Å². The summed E-state index contributed by atoms with van der Waals surface area (Å²) in [5.74, 6) is 0.452. The van der Waals surface area contributed by atoms with Crippen LogP contribution in [-0.4, -0.2) is 26.3 Å². The van der Waals surface area contributed by atoms with Crippen molar-refractivity contribution in [3.05, 3.63) is 0 Å². The van der Waals surface area contributed by atoms with E-state index in [0.29, 0.717) is 12.5 Å². The number of sulfonamides is 1. The Morgan fingerprint density at radius 1 is 1.00 bits per heavy atom. The summed E-state index contributed by atoms with van der Waals surface area (Å²) in [4.78, 5) is 0. The summed E-state index contributed by atoms with van der Waals surface area (Å²) >= 11 is 0. The van der Waals surface area contributed by atoms with Crippen molar-refractivity contribution in [3.63, 3.8) is 0 Å². The molecule has 2 fully saturated rings. The zero-order valence-electron chi connectivity index (χ0n) is 11.1. The average molecular weight is 274 g/mol. The van der Waals surface area contributed by atoms with Gasteiger partial charge in [-0.2, -0.15) is 0 Å². The van der Waals surface area contributed by atoms with E-state index in [1.807, 2.05) is 0 Å². The van der Waals surface area contributed by atoms with Crippen LogP contribution < -0.4 is 10.5 Å². The van der Waals surface area contributed by atoms with E-state index in [9.17, 15) is 8.42 Å². The number of nitrogens with two attached hydrogens (primary N) is 1. The van der Waals surface area contributed by atoms with Crippen molar-refractivity contribution in [1.82, 2.24) is 4.72 Å². The lowest BCUT2D eigenvalue weighted by Crippen LogP contribution is -2.48. The van der Waals surface area contributed by atoms with Gasteiger partial charge in [-0.1, -0.05) is 32.1 Å². The van der Waals surface area contributed by atoms with Crippen LogP contribution in [0.3, 0.4) is 0 Å². The zero-order valence-corrected chi connectivity index (χ0v) is 11.9. The maximum Gasteiger partial charge on any atom is 0.214 e. The molecular weight excluding hydrogens is 248 g/mol. The lowest BCUT2D eigenvalue weighted by atomic mass is 9.99. The Bertz CT molecular complexity index is 344. The maximum absolute atomic E-state index is 12.3. The van der Waals surface area contributed by atoms with Gasteiger partial charge in [-0.25, -0.2) is 13.1 Å². The van der Waals surface area contributed by atoms with E-state index in [-0.39, 0.29) is 11.3 Å². The Balaban J connectivity index is 1.96. The first-order valence-corrected chi connectivity index (χ1v) is 8.89. The highest BCUT2D eigenvalue weighted by atomic mass is 32.2. The third-order valence-corrected chi connectivity index (χ3v) is 6.51. The first kappa shape index (κ1) is 14.3. The highest BCUT2D eigenvalue weighted by Gasteiger charge is 2.32. The predicted octanol–water partition coefficient (Wildman–Crippen LogP) is 1.76. The monoisotopic (exact) mass is 274 g/mol. The van der Waals surface area contributed by atoms with E-state index in [4.69, 9.17) is 5.73 Å². The number of nitrogens with one attached hydrogen (secondary N) is 1. The number of hydrogen-bond donors (Lipinski definition) is 2. The lowest BCUT2D eigenvalue weighted by molar-refractivity contribution is 0.397. The first-order valence-electron chi connectivity index (χ1n) is 7.34. The van der Waals surface area contributed by atoms with Crippen molar-refractivity contribution >= 4 is 10.0 Å². The maximum atomic E-state index is 12.3. The molecule has 18 heavy (non-hydrogen) atoms. The van der Waals surface area contributed by atoms with Crippen LogP contribution in [-0.2, 0) is 10.0 Å². The van der Waals surface area contributed by atoms with Gasteiger partial charge in [-0.15, -0.1) is 0 Å². The molecule has 5 heteroatoms. The van der Waals surface area contributed by atoms with Crippen LogP contribution in [0.4, 0.5) is 0 Å². The normalized spacial score (nSPS) is 25.4. The van der Waals surface area contributed by atoms with Crippen LogP contribution in [0.25, 0.3) is 0 Å². The fraction of sp³-hybridized carbons (Fsp3) is 1.00. The summed E-state index contributed by atoms with van der Waals surface area (Å²) in [6.07, 6.45) is 9.57. The summed E-state index contributed by atoms with van der Waals surface area (Å²) in [6.45, 7) is 0.427. The molecule has 0 aromatic rings. The van der Waals surface area contributed by atoms with Gasteiger partial charge >= 0.3 is 0 Å². The second kappa shape index (κ2) is 6.35. The number of rotatable bonds is 5. The van der Waals surface area contributed by atoms with Gasteiger partial charge in [0.05, 0.1) is 5.25 Å². The standard InChI is InChI=1S/C13H26N2O2S/c14-10-13(11-6-4-5-7-11)15-18(16,17)12-8-2-1-3-9-12/h11-13,15H,1-10,14H2. The molecule has 3 N–H and O–H groups in total. The molecule has 0 aromatic carbocycles. The van der Waals surface area contributed by atoms with Gasteiger partial charge in [0.1, 0.15) is 0 Å². The van der Waals surface area contributed by atoms with Crippen LogP contribution in [0.5, 0.6) is 0 Å².